The van der Waals surface area contributed by atoms with Crippen LogP contribution in [0.25, 0.3) is 0 Å². The van der Waals surface area contributed by atoms with Gasteiger partial charge in [0.25, 0.3) is 0 Å². The van der Waals surface area contributed by atoms with Crippen LogP contribution in [0.2, 0.25) is 0 Å². The van der Waals surface area contributed by atoms with E-state index in [1.54, 1.807) is 14.1 Å². The van der Waals surface area contributed by atoms with Gasteiger partial charge in [-0.2, -0.15) is 0 Å². The molecule has 3 atom stereocenters. The van der Waals surface area contributed by atoms with Crippen LogP contribution in [0.5, 0.6) is 0 Å². The zero-order chi connectivity index (χ0) is 9.52. The second-order valence-electron chi connectivity index (χ2n) is 3.80. The molecule has 5 nitrogen and oxygen atoms in total. The van der Waals surface area contributed by atoms with E-state index in [2.05, 4.69) is 0 Å². The van der Waals surface area contributed by atoms with E-state index in [1.165, 1.54) is 0 Å². The number of carboxylic acids is 1. The van der Waals surface area contributed by atoms with Gasteiger partial charge in [0.2, 0.25) is 6.04 Å². The van der Waals surface area contributed by atoms with Crippen molar-refractivity contribution in [3.8, 4) is 0 Å². The Labute approximate surface area is 70.4 Å². The second kappa shape index (κ2) is 2.69. The molecule has 0 spiro atoms. The molecule has 5 heteroatoms. The first-order valence-electron chi connectivity index (χ1n) is 3.78. The predicted molar refractivity (Wildman–Crippen MR) is 40.4 cm³/mol. The minimum atomic E-state index is -1.16. The number of aliphatic carboxylic acids is 1. The van der Waals surface area contributed by atoms with Crippen molar-refractivity contribution in [2.24, 2.45) is 0 Å². The summed E-state index contributed by atoms with van der Waals surface area (Å²) in [7, 11) is 3.36. The van der Waals surface area contributed by atoms with Crippen molar-refractivity contribution in [1.82, 2.24) is 0 Å². The number of hydrogen-bond donors (Lipinski definition) is 3. The Bertz CT molecular complexity index is 204. The highest BCUT2D eigenvalue weighted by molar-refractivity contribution is 5.73. The highest BCUT2D eigenvalue weighted by Gasteiger charge is 2.52. The summed E-state index contributed by atoms with van der Waals surface area (Å²) in [6, 6.07) is -0.917. The van der Waals surface area contributed by atoms with Crippen molar-refractivity contribution < 1.29 is 24.6 Å². The highest BCUT2D eigenvalue weighted by Crippen LogP contribution is 2.23. The van der Waals surface area contributed by atoms with Crippen molar-refractivity contribution >= 4 is 5.97 Å². The molecule has 1 fully saturated rings. The van der Waals surface area contributed by atoms with E-state index in [4.69, 9.17) is 5.11 Å². The van der Waals surface area contributed by atoms with Crippen molar-refractivity contribution in [2.45, 2.75) is 18.2 Å². The minimum absolute atomic E-state index is 0.123. The first-order chi connectivity index (χ1) is 5.36. The number of aliphatic hydroxyl groups excluding tert-OH is 2. The average Bonchev–Trinajstić information content (AvgIpc) is 2.01. The molecule has 0 aromatic rings. The Morgan fingerprint density at radius 1 is 1.42 bits per heavy atom. The number of quaternary nitrogens is 1. The number of rotatable bonds is 1. The molecular formula is C7H14NO4+. The number of likely N-dealkylation sites (N-methyl/N-ethyl adjacent to an activating group) is 1. The third kappa shape index (κ3) is 1.31. The monoisotopic (exact) mass is 176 g/mol. The summed E-state index contributed by atoms with van der Waals surface area (Å²) in [4.78, 5) is 10.7. The van der Waals surface area contributed by atoms with Gasteiger partial charge in [-0.1, -0.05) is 0 Å². The molecule has 1 aliphatic rings. The molecule has 1 rings (SSSR count). The summed E-state index contributed by atoms with van der Waals surface area (Å²) >= 11 is 0. The van der Waals surface area contributed by atoms with Gasteiger partial charge in [-0.25, -0.2) is 4.79 Å². The molecular weight excluding hydrogens is 162 g/mol. The van der Waals surface area contributed by atoms with Gasteiger partial charge < -0.3 is 19.8 Å². The molecule has 0 aromatic heterocycles. The lowest BCUT2D eigenvalue weighted by atomic mass is 10.1. The number of carboxylic acid groups (broad SMARTS) is 1. The molecule has 70 valence electrons. The van der Waals surface area contributed by atoms with Gasteiger partial charge in [0, 0.05) is 0 Å². The standard InChI is InChI=1S/C7H13NO4/c1-8(2)3-4(9)6(10)5(8)7(11)12/h4-6,9-10H,3H2,1-2H3/p+1/t4-,5+,6+/m1/s1. The summed E-state index contributed by atoms with van der Waals surface area (Å²) in [5.41, 5.74) is 0. The molecule has 0 saturated carbocycles. The topological polar surface area (TPSA) is 77.8 Å². The van der Waals surface area contributed by atoms with E-state index >= 15 is 0 Å². The fraction of sp³-hybridized carbons (Fsp3) is 0.857. The first kappa shape index (κ1) is 9.44. The summed E-state index contributed by atoms with van der Waals surface area (Å²) in [6.45, 7) is 0.276. The fourth-order valence-electron chi connectivity index (χ4n) is 1.77. The molecule has 3 N–H and O–H groups in total. The predicted octanol–water partition coefficient (Wildman–Crippen LogP) is -1.75. The first-order valence-corrected chi connectivity index (χ1v) is 3.78. The van der Waals surface area contributed by atoms with Crippen molar-refractivity contribution in [1.29, 1.82) is 0 Å². The Balaban J connectivity index is 2.89. The van der Waals surface area contributed by atoms with Crippen LogP contribution in [0.15, 0.2) is 0 Å². The van der Waals surface area contributed by atoms with E-state index in [1.807, 2.05) is 0 Å². The lowest BCUT2D eigenvalue weighted by molar-refractivity contribution is -0.896. The maximum Gasteiger partial charge on any atom is 0.365 e. The van der Waals surface area contributed by atoms with Crippen molar-refractivity contribution in [2.75, 3.05) is 20.6 Å². The number of aliphatic hydroxyl groups is 2. The third-order valence-corrected chi connectivity index (χ3v) is 2.38. The Kier molecular flexibility index (Phi) is 2.11. The van der Waals surface area contributed by atoms with Crippen molar-refractivity contribution in [3.63, 3.8) is 0 Å². The maximum atomic E-state index is 10.7. The largest absolute Gasteiger partial charge is 0.477 e. The number of likely N-dealkylation sites (tertiary alicyclic amines) is 1. The van der Waals surface area contributed by atoms with Crippen molar-refractivity contribution in [3.05, 3.63) is 0 Å². The third-order valence-electron chi connectivity index (χ3n) is 2.38. The van der Waals surface area contributed by atoms with Crippen LogP contribution in [0.1, 0.15) is 0 Å². The molecule has 0 amide bonds. The van der Waals surface area contributed by atoms with Crippen LogP contribution in [0.4, 0.5) is 0 Å². The summed E-state index contributed by atoms with van der Waals surface area (Å²) in [5.74, 6) is -1.07. The quantitative estimate of drug-likeness (QED) is 0.414. The molecule has 0 radical (unpaired) electrons. The van der Waals surface area contributed by atoms with Gasteiger partial charge in [-0.15, -0.1) is 0 Å². The lowest BCUT2D eigenvalue weighted by Crippen LogP contribution is -2.51. The molecule has 1 aliphatic heterocycles. The molecule has 1 heterocycles. The molecule has 0 unspecified atom stereocenters. The molecule has 12 heavy (non-hydrogen) atoms. The van der Waals surface area contributed by atoms with Gasteiger partial charge in [0.15, 0.2) is 0 Å². The smallest absolute Gasteiger partial charge is 0.365 e. The Morgan fingerprint density at radius 3 is 2.08 bits per heavy atom. The fourth-order valence-corrected chi connectivity index (χ4v) is 1.77. The summed E-state index contributed by atoms with van der Waals surface area (Å²) in [6.07, 6.45) is -2.08. The number of nitrogens with zero attached hydrogens (tertiary/aromatic N) is 1. The summed E-state index contributed by atoms with van der Waals surface area (Å²) < 4.78 is 0.123. The van der Waals surface area contributed by atoms with Crippen LogP contribution in [0.3, 0.4) is 0 Å². The van der Waals surface area contributed by atoms with E-state index < -0.39 is 24.2 Å². The Morgan fingerprint density at radius 2 is 1.92 bits per heavy atom. The highest BCUT2D eigenvalue weighted by atomic mass is 16.4. The minimum Gasteiger partial charge on any atom is -0.477 e. The molecule has 1 saturated heterocycles. The van der Waals surface area contributed by atoms with Gasteiger partial charge in [0.1, 0.15) is 18.8 Å². The van der Waals surface area contributed by atoms with Crippen LogP contribution >= 0.6 is 0 Å². The maximum absolute atomic E-state index is 10.7. The van der Waals surface area contributed by atoms with Crippen LogP contribution < -0.4 is 0 Å². The number of carbonyl (C=O) groups is 1. The molecule has 0 aromatic carbocycles. The van der Waals surface area contributed by atoms with Gasteiger partial charge in [0.05, 0.1) is 14.1 Å². The SMILES string of the molecule is C[N+]1(C)C[C@@H](O)[C@H](O)[C@H]1C(=O)O. The van der Waals surface area contributed by atoms with E-state index in [0.717, 1.165) is 0 Å². The lowest BCUT2D eigenvalue weighted by Gasteiger charge is -2.28. The van der Waals surface area contributed by atoms with E-state index in [0.29, 0.717) is 0 Å². The zero-order valence-electron chi connectivity index (χ0n) is 7.14. The Hall–Kier alpha value is -0.650. The van der Waals surface area contributed by atoms with Crippen LogP contribution in [-0.2, 0) is 4.79 Å². The normalized spacial score (nSPS) is 39.8. The molecule has 0 aliphatic carbocycles. The van der Waals surface area contributed by atoms with Crippen LogP contribution in [0, 0.1) is 0 Å². The second-order valence-corrected chi connectivity index (χ2v) is 3.80. The average molecular weight is 176 g/mol. The van der Waals surface area contributed by atoms with E-state index in [-0.39, 0.29) is 11.0 Å². The zero-order valence-corrected chi connectivity index (χ0v) is 7.14. The van der Waals surface area contributed by atoms with Gasteiger partial charge >= 0.3 is 5.97 Å². The molecule has 0 bridgehead atoms. The van der Waals surface area contributed by atoms with Gasteiger partial charge in [-0.05, 0) is 0 Å². The van der Waals surface area contributed by atoms with E-state index in [9.17, 15) is 15.0 Å². The summed E-state index contributed by atoms with van der Waals surface area (Å²) in [5, 5.41) is 27.3. The number of hydrogen-bond acceptors (Lipinski definition) is 3. The van der Waals surface area contributed by atoms with Gasteiger partial charge in [-0.3, -0.25) is 0 Å². The van der Waals surface area contributed by atoms with Crippen LogP contribution in [-0.4, -0.2) is 64.7 Å².